The number of nitrogens with zero attached hydrogens (tertiary/aromatic N) is 2. The molecule has 0 heterocycles. The lowest BCUT2D eigenvalue weighted by Crippen LogP contribution is -2.50. The smallest absolute Gasteiger partial charge is 0.243 e. The van der Waals surface area contributed by atoms with Gasteiger partial charge in [0.2, 0.25) is 21.8 Å². The van der Waals surface area contributed by atoms with Crippen LogP contribution in [0, 0.1) is 6.92 Å². The lowest BCUT2D eigenvalue weighted by atomic mass is 10.0. The van der Waals surface area contributed by atoms with Gasteiger partial charge in [0.05, 0.1) is 11.9 Å². The minimum Gasteiger partial charge on any atom is -0.354 e. The van der Waals surface area contributed by atoms with Crippen molar-refractivity contribution in [2.45, 2.75) is 58.5 Å². The van der Waals surface area contributed by atoms with Gasteiger partial charge in [-0.1, -0.05) is 85.6 Å². The average molecular weight is 598 g/mol. The van der Waals surface area contributed by atoms with Crippen molar-refractivity contribution in [1.82, 2.24) is 10.2 Å². The van der Waals surface area contributed by atoms with E-state index in [2.05, 4.69) is 12.2 Å². The Morgan fingerprint density at radius 3 is 2.32 bits per heavy atom. The molecule has 7 nitrogen and oxygen atoms in total. The van der Waals surface area contributed by atoms with Gasteiger partial charge in [0.1, 0.15) is 6.04 Å². The number of halogens is 1. The maximum atomic E-state index is 13.9. The fourth-order valence-electron chi connectivity index (χ4n) is 4.66. The molecule has 0 radical (unpaired) electrons. The Morgan fingerprint density at radius 2 is 1.66 bits per heavy atom. The lowest BCUT2D eigenvalue weighted by molar-refractivity contribution is -0.141. The molecule has 9 heteroatoms. The summed E-state index contributed by atoms with van der Waals surface area (Å²) in [6.07, 6.45) is 3.63. The first-order valence-corrected chi connectivity index (χ1v) is 16.2. The van der Waals surface area contributed by atoms with Gasteiger partial charge >= 0.3 is 0 Å². The number of amides is 2. The fraction of sp³-hybridized carbons (Fsp3) is 0.375. The average Bonchev–Trinajstić information content (AvgIpc) is 2.93. The SMILES string of the molecule is CCCCNC(=O)[C@H](Cc1ccccc1)N(Cc1ccccc1Cl)C(=O)CCCN(c1cccc(C)c1)S(C)(=O)=O. The Labute approximate surface area is 249 Å². The van der Waals surface area contributed by atoms with Crippen LogP contribution in [0.2, 0.25) is 5.02 Å². The predicted molar refractivity (Wildman–Crippen MR) is 166 cm³/mol. The first-order chi connectivity index (χ1) is 19.6. The zero-order chi connectivity index (χ0) is 29.8. The van der Waals surface area contributed by atoms with Crippen molar-refractivity contribution in [1.29, 1.82) is 0 Å². The van der Waals surface area contributed by atoms with Crippen molar-refractivity contribution in [2.24, 2.45) is 0 Å². The van der Waals surface area contributed by atoms with Crippen molar-refractivity contribution in [2.75, 3.05) is 23.7 Å². The Morgan fingerprint density at radius 1 is 0.951 bits per heavy atom. The third-order valence-corrected chi connectivity index (χ3v) is 8.40. The van der Waals surface area contributed by atoms with E-state index in [4.69, 9.17) is 11.6 Å². The maximum absolute atomic E-state index is 13.9. The molecule has 0 saturated heterocycles. The topological polar surface area (TPSA) is 86.8 Å². The van der Waals surface area contributed by atoms with Crippen LogP contribution in [-0.2, 0) is 32.6 Å². The Bertz CT molecular complexity index is 1400. The number of unbranched alkanes of at least 4 members (excludes halogenated alkanes) is 1. The highest BCUT2D eigenvalue weighted by molar-refractivity contribution is 7.92. The van der Waals surface area contributed by atoms with Gasteiger partial charge in [0, 0.05) is 37.5 Å². The van der Waals surface area contributed by atoms with Gasteiger partial charge < -0.3 is 10.2 Å². The highest BCUT2D eigenvalue weighted by Crippen LogP contribution is 2.23. The van der Waals surface area contributed by atoms with Crippen molar-refractivity contribution < 1.29 is 18.0 Å². The molecule has 0 aliphatic rings. The number of nitrogens with one attached hydrogen (secondary N) is 1. The summed E-state index contributed by atoms with van der Waals surface area (Å²) in [6.45, 7) is 4.77. The zero-order valence-corrected chi connectivity index (χ0v) is 25.6. The van der Waals surface area contributed by atoms with E-state index in [1.165, 1.54) is 4.31 Å². The third-order valence-electron chi connectivity index (χ3n) is 6.84. The number of rotatable bonds is 15. The Kier molecular flexibility index (Phi) is 12.2. The number of hydrogen-bond acceptors (Lipinski definition) is 4. The van der Waals surface area contributed by atoms with E-state index in [-0.39, 0.29) is 37.7 Å². The van der Waals surface area contributed by atoms with Crippen LogP contribution in [-0.4, -0.2) is 50.5 Å². The predicted octanol–water partition coefficient (Wildman–Crippen LogP) is 5.75. The number of hydrogen-bond donors (Lipinski definition) is 1. The van der Waals surface area contributed by atoms with Crippen molar-refractivity contribution in [3.05, 3.63) is 101 Å². The van der Waals surface area contributed by atoms with Crippen LogP contribution in [0.25, 0.3) is 0 Å². The molecule has 0 spiro atoms. The monoisotopic (exact) mass is 597 g/mol. The summed E-state index contributed by atoms with van der Waals surface area (Å²) >= 11 is 6.48. The molecule has 3 aromatic rings. The van der Waals surface area contributed by atoms with Gasteiger partial charge in [0.25, 0.3) is 0 Å². The van der Waals surface area contributed by atoms with Crippen molar-refractivity contribution in [3.63, 3.8) is 0 Å². The summed E-state index contributed by atoms with van der Waals surface area (Å²) in [5.74, 6) is -0.464. The van der Waals surface area contributed by atoms with E-state index >= 15 is 0 Å². The summed E-state index contributed by atoms with van der Waals surface area (Å²) in [5.41, 5.74) is 3.17. The van der Waals surface area contributed by atoms with Crippen LogP contribution in [0.15, 0.2) is 78.9 Å². The van der Waals surface area contributed by atoms with E-state index < -0.39 is 16.1 Å². The van der Waals surface area contributed by atoms with Crippen LogP contribution < -0.4 is 9.62 Å². The van der Waals surface area contributed by atoms with Crippen molar-refractivity contribution in [3.8, 4) is 0 Å². The van der Waals surface area contributed by atoms with Crippen LogP contribution in [0.5, 0.6) is 0 Å². The number of anilines is 1. The summed E-state index contributed by atoms with van der Waals surface area (Å²) in [4.78, 5) is 29.0. The van der Waals surface area contributed by atoms with E-state index in [9.17, 15) is 18.0 Å². The number of carbonyl (C=O) groups is 2. The van der Waals surface area contributed by atoms with E-state index in [0.717, 1.165) is 35.8 Å². The second-order valence-corrected chi connectivity index (χ2v) is 12.6. The molecule has 1 atom stereocenters. The molecule has 0 fully saturated rings. The number of sulfonamides is 1. The summed E-state index contributed by atoms with van der Waals surface area (Å²) in [6, 6.07) is 23.4. The maximum Gasteiger partial charge on any atom is 0.243 e. The van der Waals surface area contributed by atoms with Crippen LogP contribution in [0.1, 0.15) is 49.3 Å². The number of aryl methyl sites for hydroxylation is 1. The minimum atomic E-state index is -3.56. The Hall–Kier alpha value is -3.36. The highest BCUT2D eigenvalue weighted by atomic mass is 35.5. The van der Waals surface area contributed by atoms with Crippen LogP contribution >= 0.6 is 11.6 Å². The minimum absolute atomic E-state index is 0.0653. The first kappa shape index (κ1) is 32.2. The summed E-state index contributed by atoms with van der Waals surface area (Å²) in [5, 5.41) is 3.52. The van der Waals surface area contributed by atoms with E-state index in [0.29, 0.717) is 23.7 Å². The first-order valence-electron chi connectivity index (χ1n) is 14.0. The van der Waals surface area contributed by atoms with Crippen LogP contribution in [0.4, 0.5) is 5.69 Å². The van der Waals surface area contributed by atoms with Gasteiger partial charge in [-0.25, -0.2) is 8.42 Å². The molecule has 220 valence electrons. The molecular formula is C32H40ClN3O4S. The summed E-state index contributed by atoms with van der Waals surface area (Å²) < 4.78 is 26.6. The number of carbonyl (C=O) groups excluding carboxylic acids is 2. The molecule has 2 amide bonds. The second-order valence-electron chi connectivity index (χ2n) is 10.2. The molecule has 3 rings (SSSR count). The molecule has 41 heavy (non-hydrogen) atoms. The largest absolute Gasteiger partial charge is 0.354 e. The van der Waals surface area contributed by atoms with Gasteiger partial charge in [-0.05, 0) is 54.7 Å². The zero-order valence-electron chi connectivity index (χ0n) is 24.1. The molecule has 3 aromatic carbocycles. The molecule has 0 aliphatic heterocycles. The van der Waals surface area contributed by atoms with Gasteiger partial charge in [-0.2, -0.15) is 0 Å². The van der Waals surface area contributed by atoms with Crippen LogP contribution in [0.3, 0.4) is 0 Å². The third kappa shape index (κ3) is 9.90. The molecule has 0 unspecified atom stereocenters. The molecule has 0 aliphatic carbocycles. The van der Waals surface area contributed by atoms with Gasteiger partial charge in [-0.15, -0.1) is 0 Å². The molecule has 1 N–H and O–H groups in total. The fourth-order valence-corrected chi connectivity index (χ4v) is 5.81. The van der Waals surface area contributed by atoms with Crippen molar-refractivity contribution >= 4 is 39.1 Å². The van der Waals surface area contributed by atoms with Gasteiger partial charge in [0.15, 0.2) is 0 Å². The van der Waals surface area contributed by atoms with Gasteiger partial charge in [-0.3, -0.25) is 13.9 Å². The Balaban J connectivity index is 1.88. The quantitative estimate of drug-likeness (QED) is 0.226. The van der Waals surface area contributed by atoms with E-state index in [1.807, 2.05) is 73.7 Å². The lowest BCUT2D eigenvalue weighted by Gasteiger charge is -2.32. The molecule has 0 bridgehead atoms. The summed E-state index contributed by atoms with van der Waals surface area (Å²) in [7, 11) is -3.56. The normalized spacial score (nSPS) is 12.0. The highest BCUT2D eigenvalue weighted by Gasteiger charge is 2.31. The molecule has 0 saturated carbocycles. The molecular weight excluding hydrogens is 558 g/mol. The molecule has 0 aromatic heterocycles. The van der Waals surface area contributed by atoms with E-state index in [1.54, 1.807) is 17.0 Å². The standard InChI is InChI=1S/C32H40ClN3O4S/c1-4-5-20-34-32(38)30(23-26-14-7-6-8-15-26)35(24-27-16-9-10-18-29(27)33)31(37)19-12-21-36(41(3,39)40)28-17-11-13-25(2)22-28/h6-11,13-18,22,30H,4-5,12,19-21,23-24H2,1-3H3,(H,34,38)/t30-/m0/s1. The second kappa shape index (κ2) is 15.6. The number of benzene rings is 3.